The molecule has 0 aliphatic carbocycles. The number of hydrogen-bond acceptors (Lipinski definition) is 8. The van der Waals surface area contributed by atoms with Gasteiger partial charge in [0.1, 0.15) is 11.9 Å². The van der Waals surface area contributed by atoms with Crippen LogP contribution in [-0.2, 0) is 9.84 Å². The van der Waals surface area contributed by atoms with Gasteiger partial charge < -0.3 is 5.32 Å². The molecule has 0 fully saturated rings. The summed E-state index contributed by atoms with van der Waals surface area (Å²) in [5.74, 6) is 0.670. The van der Waals surface area contributed by atoms with E-state index in [1.807, 2.05) is 13.2 Å². The molecule has 24 heavy (non-hydrogen) atoms. The van der Waals surface area contributed by atoms with Crippen molar-refractivity contribution in [1.82, 2.24) is 15.0 Å². The summed E-state index contributed by atoms with van der Waals surface area (Å²) >= 11 is 1.33. The molecular weight excluding hydrogens is 346 g/mol. The Morgan fingerprint density at radius 2 is 1.88 bits per heavy atom. The van der Waals surface area contributed by atoms with Crippen LogP contribution in [0, 0.1) is 25.2 Å². The van der Waals surface area contributed by atoms with E-state index in [9.17, 15) is 13.7 Å². The lowest BCUT2D eigenvalue weighted by Crippen LogP contribution is -2.07. The van der Waals surface area contributed by atoms with Gasteiger partial charge in [-0.25, -0.2) is 13.4 Å². The number of benzene rings is 1. The lowest BCUT2D eigenvalue weighted by Gasteiger charge is -2.05. The SMILES string of the molecule is CSc1nc(C)nc(N/C=C(/C#N)S(=O)(=O)c2ccc(C)cc2)n1. The molecular formula is C15H15N5O2S2. The number of thioether (sulfide) groups is 1. The van der Waals surface area contributed by atoms with E-state index in [4.69, 9.17) is 0 Å². The minimum atomic E-state index is -3.90. The molecule has 0 aliphatic heterocycles. The van der Waals surface area contributed by atoms with Gasteiger partial charge in [0.15, 0.2) is 10.1 Å². The van der Waals surface area contributed by atoms with Gasteiger partial charge in [0, 0.05) is 6.20 Å². The van der Waals surface area contributed by atoms with Gasteiger partial charge in [-0.1, -0.05) is 29.5 Å². The van der Waals surface area contributed by atoms with Crippen molar-refractivity contribution >= 4 is 27.5 Å². The summed E-state index contributed by atoms with van der Waals surface area (Å²) < 4.78 is 25.0. The highest BCUT2D eigenvalue weighted by Crippen LogP contribution is 2.19. The van der Waals surface area contributed by atoms with Crippen molar-refractivity contribution in [3.63, 3.8) is 0 Å². The number of nitriles is 1. The van der Waals surface area contributed by atoms with Crippen molar-refractivity contribution in [3.05, 3.63) is 46.8 Å². The number of anilines is 1. The van der Waals surface area contributed by atoms with Crippen LogP contribution in [0.25, 0.3) is 0 Å². The van der Waals surface area contributed by atoms with Gasteiger partial charge >= 0.3 is 0 Å². The van der Waals surface area contributed by atoms with Crippen molar-refractivity contribution in [3.8, 4) is 6.07 Å². The average molecular weight is 361 g/mol. The van der Waals surface area contributed by atoms with Crippen molar-refractivity contribution in [1.29, 1.82) is 5.26 Å². The second-order valence-electron chi connectivity index (χ2n) is 4.77. The number of aryl methyl sites for hydroxylation is 2. The third-order valence-corrected chi connectivity index (χ3v) is 5.20. The lowest BCUT2D eigenvalue weighted by atomic mass is 10.2. The second kappa shape index (κ2) is 7.42. The highest BCUT2D eigenvalue weighted by Gasteiger charge is 2.20. The van der Waals surface area contributed by atoms with Crippen LogP contribution in [0.5, 0.6) is 0 Å². The van der Waals surface area contributed by atoms with E-state index < -0.39 is 14.7 Å². The number of hydrogen-bond donors (Lipinski definition) is 1. The van der Waals surface area contributed by atoms with E-state index >= 15 is 0 Å². The van der Waals surface area contributed by atoms with Crippen LogP contribution >= 0.6 is 11.8 Å². The van der Waals surface area contributed by atoms with E-state index in [0.717, 1.165) is 11.8 Å². The fourth-order valence-corrected chi connectivity index (χ4v) is 3.24. The zero-order chi connectivity index (χ0) is 17.7. The molecule has 0 radical (unpaired) electrons. The van der Waals surface area contributed by atoms with E-state index in [0.29, 0.717) is 11.0 Å². The molecule has 0 spiro atoms. The maximum Gasteiger partial charge on any atom is 0.231 e. The van der Waals surface area contributed by atoms with E-state index in [-0.39, 0.29) is 10.8 Å². The average Bonchev–Trinajstić information content (AvgIpc) is 2.55. The second-order valence-corrected chi connectivity index (χ2v) is 7.47. The van der Waals surface area contributed by atoms with Crippen LogP contribution in [-0.4, -0.2) is 29.6 Å². The molecule has 1 heterocycles. The summed E-state index contributed by atoms with van der Waals surface area (Å²) in [4.78, 5) is 11.9. The molecule has 1 aromatic heterocycles. The molecule has 0 unspecified atom stereocenters. The Bertz CT molecular complexity index is 916. The van der Waals surface area contributed by atoms with Gasteiger partial charge in [-0.05, 0) is 32.2 Å². The molecule has 2 rings (SSSR count). The normalized spacial score (nSPS) is 11.8. The van der Waals surface area contributed by atoms with Crippen LogP contribution < -0.4 is 5.32 Å². The summed E-state index contributed by atoms with van der Waals surface area (Å²) in [5, 5.41) is 12.4. The quantitative estimate of drug-likeness (QED) is 0.639. The van der Waals surface area contributed by atoms with Crippen molar-refractivity contribution < 1.29 is 8.42 Å². The molecule has 0 saturated carbocycles. The number of sulfone groups is 1. The topological polar surface area (TPSA) is 109 Å². The number of allylic oxidation sites excluding steroid dienone is 1. The zero-order valence-corrected chi connectivity index (χ0v) is 14.9. The summed E-state index contributed by atoms with van der Waals surface area (Å²) in [5.41, 5.74) is 0.930. The van der Waals surface area contributed by atoms with Gasteiger partial charge in [-0.15, -0.1) is 0 Å². The van der Waals surface area contributed by atoms with Crippen LogP contribution in [0.1, 0.15) is 11.4 Å². The molecule has 124 valence electrons. The monoisotopic (exact) mass is 361 g/mol. The first-order chi connectivity index (χ1) is 11.4. The third kappa shape index (κ3) is 4.10. The summed E-state index contributed by atoms with van der Waals surface area (Å²) in [6, 6.07) is 7.99. The van der Waals surface area contributed by atoms with Crippen LogP contribution in [0.3, 0.4) is 0 Å². The van der Waals surface area contributed by atoms with E-state index in [2.05, 4.69) is 20.3 Å². The van der Waals surface area contributed by atoms with E-state index in [1.165, 1.54) is 23.9 Å². The first-order valence-electron chi connectivity index (χ1n) is 6.82. The molecule has 0 amide bonds. The smallest absolute Gasteiger partial charge is 0.231 e. The predicted octanol–water partition coefficient (Wildman–Crippen LogP) is 2.46. The molecule has 9 heteroatoms. The third-order valence-electron chi connectivity index (χ3n) is 2.97. The van der Waals surface area contributed by atoms with Gasteiger partial charge in [0.25, 0.3) is 0 Å². The minimum Gasteiger partial charge on any atom is -0.329 e. The molecule has 1 N–H and O–H groups in total. The maximum atomic E-state index is 12.5. The Kier molecular flexibility index (Phi) is 5.54. The first-order valence-corrected chi connectivity index (χ1v) is 9.53. The predicted molar refractivity (Wildman–Crippen MR) is 92.0 cm³/mol. The molecule has 1 aromatic carbocycles. The highest BCUT2D eigenvalue weighted by atomic mass is 32.2. The molecule has 0 bridgehead atoms. The minimum absolute atomic E-state index is 0.0549. The summed E-state index contributed by atoms with van der Waals surface area (Å²) in [6.45, 7) is 3.55. The zero-order valence-electron chi connectivity index (χ0n) is 13.3. The fraction of sp³-hybridized carbons (Fsp3) is 0.200. The first kappa shape index (κ1) is 17.9. The highest BCUT2D eigenvalue weighted by molar-refractivity contribution is 7.98. The van der Waals surface area contributed by atoms with Gasteiger partial charge in [0.2, 0.25) is 15.8 Å². The molecule has 7 nitrogen and oxygen atoms in total. The Morgan fingerprint density at radius 3 is 2.46 bits per heavy atom. The van der Waals surface area contributed by atoms with Crippen LogP contribution in [0.15, 0.2) is 45.4 Å². The van der Waals surface area contributed by atoms with Crippen molar-refractivity contribution in [2.24, 2.45) is 0 Å². The maximum absolute atomic E-state index is 12.5. The summed E-state index contributed by atoms with van der Waals surface area (Å²) in [7, 11) is -3.90. The van der Waals surface area contributed by atoms with Gasteiger partial charge in [0.05, 0.1) is 4.90 Å². The Morgan fingerprint density at radius 1 is 1.21 bits per heavy atom. The Labute approximate surface area is 144 Å². The molecule has 2 aromatic rings. The molecule has 0 atom stereocenters. The Hall–Kier alpha value is -2.44. The fourth-order valence-electron chi connectivity index (χ4n) is 1.76. The number of rotatable bonds is 5. The van der Waals surface area contributed by atoms with E-state index in [1.54, 1.807) is 25.1 Å². The number of nitrogens with zero attached hydrogens (tertiary/aromatic N) is 4. The van der Waals surface area contributed by atoms with Gasteiger partial charge in [-0.2, -0.15) is 15.2 Å². The Balaban J connectivity index is 2.34. The largest absolute Gasteiger partial charge is 0.329 e. The van der Waals surface area contributed by atoms with Crippen LogP contribution in [0.2, 0.25) is 0 Å². The molecule has 0 saturated heterocycles. The standard InChI is InChI=1S/C15H15N5O2S2/c1-10-4-6-12(7-5-10)24(21,22)13(8-16)9-17-14-18-11(2)19-15(20-14)23-3/h4-7,9H,1-3H3,(H,17,18,19,20)/b13-9-. The van der Waals surface area contributed by atoms with Crippen molar-refractivity contribution in [2.75, 3.05) is 11.6 Å². The number of nitrogens with one attached hydrogen (secondary N) is 1. The van der Waals surface area contributed by atoms with Gasteiger partial charge in [-0.3, -0.25) is 0 Å². The molecule has 0 aliphatic rings. The number of aromatic nitrogens is 3. The van der Waals surface area contributed by atoms with Crippen molar-refractivity contribution in [2.45, 2.75) is 23.9 Å². The summed E-state index contributed by atoms with van der Waals surface area (Å²) in [6.07, 6.45) is 2.91. The lowest BCUT2D eigenvalue weighted by molar-refractivity contribution is 0.603. The van der Waals surface area contributed by atoms with Crippen LogP contribution in [0.4, 0.5) is 5.95 Å².